The first-order chi connectivity index (χ1) is 9.75. The molecule has 102 valence electrons. The first kappa shape index (κ1) is 12.5. The van der Waals surface area contributed by atoms with Crippen LogP contribution >= 0.6 is 0 Å². The van der Waals surface area contributed by atoms with Gasteiger partial charge in [0.05, 0.1) is 24.7 Å². The Kier molecular flexibility index (Phi) is 3.29. The van der Waals surface area contributed by atoms with Crippen molar-refractivity contribution in [2.45, 2.75) is 5.92 Å². The van der Waals surface area contributed by atoms with Crippen LogP contribution in [0.3, 0.4) is 0 Å². The van der Waals surface area contributed by atoms with Gasteiger partial charge in [0.15, 0.2) is 0 Å². The number of hydrogen-bond donors (Lipinski definition) is 2. The fraction of sp³-hybridized carbons (Fsp3) is 0.188. The summed E-state index contributed by atoms with van der Waals surface area (Å²) < 4.78 is 11.5. The van der Waals surface area contributed by atoms with Gasteiger partial charge in [-0.3, -0.25) is 5.41 Å². The number of nitrogens with two attached hydrogens (primary N) is 1. The third-order valence-electron chi connectivity index (χ3n) is 3.42. The Morgan fingerprint density at radius 2 is 1.95 bits per heavy atom. The molecular weight excluding hydrogens is 252 g/mol. The van der Waals surface area contributed by atoms with Crippen LogP contribution in [0.5, 0.6) is 11.5 Å². The van der Waals surface area contributed by atoms with Crippen LogP contribution in [-0.2, 0) is 0 Å². The molecule has 0 fully saturated rings. The lowest BCUT2D eigenvalue weighted by Crippen LogP contribution is -2.16. The Bertz CT molecular complexity index is 640. The molecule has 3 N–H and O–H groups in total. The van der Waals surface area contributed by atoms with Crippen LogP contribution in [0.15, 0.2) is 48.5 Å². The van der Waals surface area contributed by atoms with Crippen molar-refractivity contribution in [3.05, 3.63) is 59.7 Å². The van der Waals surface area contributed by atoms with E-state index in [0.717, 1.165) is 5.75 Å². The standard InChI is InChI=1S/C16H16N2O2/c17-16(18)13-6-2-4-8-15(13)20-10-11-9-19-14-7-3-1-5-12(11)14/h1-8,11H,9-10H2,(H3,17,18). The van der Waals surface area contributed by atoms with Crippen molar-refractivity contribution < 1.29 is 9.47 Å². The van der Waals surface area contributed by atoms with Crippen LogP contribution in [0, 0.1) is 5.41 Å². The summed E-state index contributed by atoms with van der Waals surface area (Å²) in [7, 11) is 0. The zero-order valence-electron chi connectivity index (χ0n) is 11.0. The van der Waals surface area contributed by atoms with E-state index in [9.17, 15) is 0 Å². The molecule has 1 unspecified atom stereocenters. The Balaban J connectivity index is 1.74. The van der Waals surface area contributed by atoms with Gasteiger partial charge in [-0.15, -0.1) is 0 Å². The molecule has 0 aromatic heterocycles. The van der Waals surface area contributed by atoms with E-state index in [1.165, 1.54) is 5.56 Å². The lowest BCUT2D eigenvalue weighted by Gasteiger charge is -2.13. The maximum atomic E-state index is 7.55. The van der Waals surface area contributed by atoms with E-state index in [4.69, 9.17) is 20.6 Å². The largest absolute Gasteiger partial charge is 0.493 e. The van der Waals surface area contributed by atoms with Crippen molar-refractivity contribution in [3.63, 3.8) is 0 Å². The van der Waals surface area contributed by atoms with E-state index in [1.807, 2.05) is 36.4 Å². The molecule has 0 radical (unpaired) electrons. The average Bonchev–Trinajstić information content (AvgIpc) is 2.88. The molecule has 0 amide bonds. The van der Waals surface area contributed by atoms with Crippen molar-refractivity contribution >= 4 is 5.84 Å². The van der Waals surface area contributed by atoms with E-state index >= 15 is 0 Å². The van der Waals surface area contributed by atoms with Gasteiger partial charge in [-0.05, 0) is 18.2 Å². The SMILES string of the molecule is N=C(N)c1ccccc1OCC1COc2ccccc21. The summed E-state index contributed by atoms with van der Waals surface area (Å²) in [6.45, 7) is 1.14. The summed E-state index contributed by atoms with van der Waals surface area (Å²) in [5, 5.41) is 7.55. The van der Waals surface area contributed by atoms with Crippen molar-refractivity contribution in [2.24, 2.45) is 5.73 Å². The molecule has 4 heteroatoms. The van der Waals surface area contributed by atoms with Crippen LogP contribution in [0.25, 0.3) is 0 Å². The Labute approximate surface area is 117 Å². The minimum atomic E-state index is 0.0173. The summed E-state index contributed by atoms with van der Waals surface area (Å²) in [6.07, 6.45) is 0. The van der Waals surface area contributed by atoms with Gasteiger partial charge < -0.3 is 15.2 Å². The highest BCUT2D eigenvalue weighted by molar-refractivity contribution is 5.97. The number of hydrogen-bond acceptors (Lipinski definition) is 3. The molecule has 1 aliphatic heterocycles. The molecule has 2 aromatic rings. The number of benzene rings is 2. The molecule has 0 aliphatic carbocycles. The maximum absolute atomic E-state index is 7.55. The molecule has 3 rings (SSSR count). The number of rotatable bonds is 4. The second-order valence-corrected chi connectivity index (χ2v) is 4.77. The van der Waals surface area contributed by atoms with Gasteiger partial charge in [-0.25, -0.2) is 0 Å². The molecule has 1 aliphatic rings. The number of nitrogen functional groups attached to an aromatic ring is 1. The lowest BCUT2D eigenvalue weighted by molar-refractivity contribution is 0.248. The summed E-state index contributed by atoms with van der Waals surface area (Å²) in [6, 6.07) is 15.3. The molecule has 0 spiro atoms. The second kappa shape index (κ2) is 5.25. The molecule has 0 saturated carbocycles. The zero-order valence-corrected chi connectivity index (χ0v) is 11.0. The predicted molar refractivity (Wildman–Crippen MR) is 77.6 cm³/mol. The van der Waals surface area contributed by atoms with Crippen LogP contribution in [0.4, 0.5) is 0 Å². The number of amidine groups is 1. The van der Waals surface area contributed by atoms with E-state index in [-0.39, 0.29) is 11.8 Å². The normalized spacial score (nSPS) is 16.3. The summed E-state index contributed by atoms with van der Waals surface area (Å²) in [4.78, 5) is 0. The second-order valence-electron chi connectivity index (χ2n) is 4.77. The lowest BCUT2D eigenvalue weighted by atomic mass is 10.0. The number of ether oxygens (including phenoxy) is 2. The topological polar surface area (TPSA) is 68.3 Å². The van der Waals surface area contributed by atoms with E-state index in [1.54, 1.807) is 6.07 Å². The van der Waals surface area contributed by atoms with Crippen LogP contribution in [-0.4, -0.2) is 19.0 Å². The Hall–Kier alpha value is -2.49. The smallest absolute Gasteiger partial charge is 0.130 e. The zero-order chi connectivity index (χ0) is 13.9. The average molecular weight is 268 g/mol. The predicted octanol–water partition coefficient (Wildman–Crippen LogP) is 2.53. The number of nitrogens with one attached hydrogen (secondary N) is 1. The number of para-hydroxylation sites is 2. The van der Waals surface area contributed by atoms with E-state index < -0.39 is 0 Å². The van der Waals surface area contributed by atoms with Gasteiger partial charge in [0.2, 0.25) is 0 Å². The van der Waals surface area contributed by atoms with Crippen molar-refractivity contribution in [1.82, 2.24) is 0 Å². The van der Waals surface area contributed by atoms with Gasteiger partial charge in [-0.2, -0.15) is 0 Å². The van der Waals surface area contributed by atoms with Crippen molar-refractivity contribution in [3.8, 4) is 11.5 Å². The minimum Gasteiger partial charge on any atom is -0.493 e. The quantitative estimate of drug-likeness (QED) is 0.661. The first-order valence-corrected chi connectivity index (χ1v) is 6.53. The molecule has 2 aromatic carbocycles. The summed E-state index contributed by atoms with van der Waals surface area (Å²) >= 11 is 0. The highest BCUT2D eigenvalue weighted by atomic mass is 16.5. The molecule has 20 heavy (non-hydrogen) atoms. The fourth-order valence-electron chi connectivity index (χ4n) is 2.37. The van der Waals surface area contributed by atoms with Gasteiger partial charge in [0, 0.05) is 5.56 Å². The first-order valence-electron chi connectivity index (χ1n) is 6.53. The molecule has 1 heterocycles. The molecule has 0 bridgehead atoms. The Morgan fingerprint density at radius 1 is 1.20 bits per heavy atom. The number of fused-ring (bicyclic) bond motifs is 1. The van der Waals surface area contributed by atoms with Gasteiger partial charge in [0.1, 0.15) is 17.3 Å². The fourth-order valence-corrected chi connectivity index (χ4v) is 2.37. The van der Waals surface area contributed by atoms with Crippen molar-refractivity contribution in [2.75, 3.05) is 13.2 Å². The van der Waals surface area contributed by atoms with Crippen molar-refractivity contribution in [1.29, 1.82) is 5.41 Å². The molecular formula is C16H16N2O2. The molecule has 1 atom stereocenters. The van der Waals surface area contributed by atoms with E-state index in [0.29, 0.717) is 24.5 Å². The van der Waals surface area contributed by atoms with Gasteiger partial charge >= 0.3 is 0 Å². The minimum absolute atomic E-state index is 0.0173. The highest BCUT2D eigenvalue weighted by Crippen LogP contribution is 2.34. The van der Waals surface area contributed by atoms with Crippen LogP contribution < -0.4 is 15.2 Å². The van der Waals surface area contributed by atoms with Gasteiger partial charge in [-0.1, -0.05) is 30.3 Å². The molecule has 0 saturated heterocycles. The third kappa shape index (κ3) is 2.32. The van der Waals surface area contributed by atoms with Crippen LogP contribution in [0.1, 0.15) is 17.0 Å². The summed E-state index contributed by atoms with van der Waals surface area (Å²) in [5.41, 5.74) is 7.35. The summed E-state index contributed by atoms with van der Waals surface area (Å²) in [5.74, 6) is 1.81. The van der Waals surface area contributed by atoms with E-state index in [2.05, 4.69) is 6.07 Å². The Morgan fingerprint density at radius 3 is 2.80 bits per heavy atom. The maximum Gasteiger partial charge on any atom is 0.130 e. The third-order valence-corrected chi connectivity index (χ3v) is 3.42. The monoisotopic (exact) mass is 268 g/mol. The van der Waals surface area contributed by atoms with Gasteiger partial charge in [0.25, 0.3) is 0 Å². The highest BCUT2D eigenvalue weighted by Gasteiger charge is 2.24. The van der Waals surface area contributed by atoms with Crippen LogP contribution in [0.2, 0.25) is 0 Å². The molecule has 4 nitrogen and oxygen atoms in total.